The van der Waals surface area contributed by atoms with Crippen LogP contribution >= 0.6 is 0 Å². The number of carbonyl (C=O) groups is 2. The molecular weight excluding hydrogens is 458 g/mol. The maximum Gasteiger partial charge on any atom is 0.294 e. The molecule has 1 fully saturated rings. The van der Waals surface area contributed by atoms with E-state index in [-0.39, 0.29) is 17.7 Å². The lowest BCUT2D eigenvalue weighted by Crippen LogP contribution is -2.46. The molecular formula is C28H33N3O5. The fraction of sp³-hybridized carbons (Fsp3) is 0.357. The summed E-state index contributed by atoms with van der Waals surface area (Å²) in [5.74, 6) is 0.428. The van der Waals surface area contributed by atoms with Crippen molar-refractivity contribution in [2.45, 2.75) is 37.8 Å². The van der Waals surface area contributed by atoms with Crippen molar-refractivity contribution in [1.82, 2.24) is 5.32 Å². The summed E-state index contributed by atoms with van der Waals surface area (Å²) in [6.07, 6.45) is 5.47. The number of ether oxygens (including phenoxy) is 2. The number of methoxy groups -OCH3 is 2. The van der Waals surface area contributed by atoms with Crippen molar-refractivity contribution < 1.29 is 23.5 Å². The van der Waals surface area contributed by atoms with Crippen molar-refractivity contribution in [2.75, 3.05) is 38.1 Å². The molecule has 1 saturated carbocycles. The van der Waals surface area contributed by atoms with E-state index in [2.05, 4.69) is 5.32 Å². The van der Waals surface area contributed by atoms with Gasteiger partial charge in [-0.15, -0.1) is 0 Å². The Bertz CT molecular complexity index is 1170. The van der Waals surface area contributed by atoms with Crippen LogP contribution < -0.4 is 24.6 Å². The lowest BCUT2D eigenvalue weighted by atomic mass is 10.0. The Labute approximate surface area is 211 Å². The normalized spacial score (nSPS) is 14.2. The molecule has 2 aromatic carbocycles. The van der Waals surface area contributed by atoms with Gasteiger partial charge in [0.25, 0.3) is 5.91 Å². The molecule has 0 bridgehead atoms. The number of carbonyl (C=O) groups excluding carboxylic acids is 2. The van der Waals surface area contributed by atoms with E-state index in [9.17, 15) is 9.59 Å². The third-order valence-electron chi connectivity index (χ3n) is 6.53. The molecule has 3 aromatic rings. The molecule has 190 valence electrons. The Morgan fingerprint density at radius 3 is 2.19 bits per heavy atom. The molecule has 0 radical (unpaired) electrons. The minimum Gasteiger partial charge on any atom is -0.493 e. The number of nitrogens with one attached hydrogen (secondary N) is 1. The van der Waals surface area contributed by atoms with Gasteiger partial charge < -0.3 is 24.1 Å². The van der Waals surface area contributed by atoms with Crippen LogP contribution in [0.15, 0.2) is 65.3 Å². The van der Waals surface area contributed by atoms with Gasteiger partial charge in [-0.3, -0.25) is 14.5 Å². The zero-order valence-electron chi connectivity index (χ0n) is 21.2. The Morgan fingerprint density at radius 2 is 1.61 bits per heavy atom. The molecule has 0 spiro atoms. The summed E-state index contributed by atoms with van der Waals surface area (Å²) in [6, 6.07) is 15.2. The first kappa shape index (κ1) is 25.2. The van der Waals surface area contributed by atoms with E-state index in [0.29, 0.717) is 22.7 Å². The number of anilines is 2. The highest BCUT2D eigenvalue weighted by Crippen LogP contribution is 2.37. The minimum absolute atomic E-state index is 0.0898. The van der Waals surface area contributed by atoms with Crippen LogP contribution in [-0.4, -0.2) is 46.2 Å². The number of rotatable bonds is 9. The molecule has 2 amide bonds. The van der Waals surface area contributed by atoms with E-state index in [4.69, 9.17) is 13.9 Å². The third kappa shape index (κ3) is 5.32. The molecule has 1 atom stereocenters. The van der Waals surface area contributed by atoms with Crippen LogP contribution in [0.4, 0.5) is 11.4 Å². The van der Waals surface area contributed by atoms with E-state index in [1.165, 1.54) is 18.3 Å². The molecule has 8 nitrogen and oxygen atoms in total. The second-order valence-electron chi connectivity index (χ2n) is 9.07. The summed E-state index contributed by atoms with van der Waals surface area (Å²) in [7, 11) is 6.99. The lowest BCUT2D eigenvalue weighted by Gasteiger charge is -2.32. The maximum absolute atomic E-state index is 13.9. The molecule has 1 heterocycles. The second kappa shape index (κ2) is 11.2. The van der Waals surface area contributed by atoms with Gasteiger partial charge in [0.15, 0.2) is 17.3 Å². The fourth-order valence-corrected chi connectivity index (χ4v) is 4.60. The first-order chi connectivity index (χ1) is 17.4. The summed E-state index contributed by atoms with van der Waals surface area (Å²) in [5, 5.41) is 3.19. The molecule has 0 saturated heterocycles. The fourth-order valence-electron chi connectivity index (χ4n) is 4.60. The smallest absolute Gasteiger partial charge is 0.294 e. The van der Waals surface area contributed by atoms with Gasteiger partial charge in [0.2, 0.25) is 5.91 Å². The average Bonchev–Trinajstić information content (AvgIpc) is 3.61. The zero-order valence-corrected chi connectivity index (χ0v) is 21.2. The first-order valence-corrected chi connectivity index (χ1v) is 12.1. The molecule has 0 aliphatic heterocycles. The van der Waals surface area contributed by atoms with E-state index < -0.39 is 11.9 Å². The molecule has 0 unspecified atom stereocenters. The predicted octanol–water partition coefficient (Wildman–Crippen LogP) is 4.81. The maximum atomic E-state index is 13.9. The van der Waals surface area contributed by atoms with Gasteiger partial charge in [-0.2, -0.15) is 0 Å². The second-order valence-corrected chi connectivity index (χ2v) is 9.07. The van der Waals surface area contributed by atoms with E-state index >= 15 is 0 Å². The first-order valence-electron chi connectivity index (χ1n) is 12.1. The number of benzene rings is 2. The summed E-state index contributed by atoms with van der Waals surface area (Å²) >= 11 is 0. The van der Waals surface area contributed by atoms with Crippen LogP contribution in [0.2, 0.25) is 0 Å². The van der Waals surface area contributed by atoms with Crippen molar-refractivity contribution in [3.8, 4) is 11.5 Å². The van der Waals surface area contributed by atoms with Crippen molar-refractivity contribution in [1.29, 1.82) is 0 Å². The number of amides is 2. The van der Waals surface area contributed by atoms with Crippen LogP contribution in [0.3, 0.4) is 0 Å². The van der Waals surface area contributed by atoms with Crippen LogP contribution in [-0.2, 0) is 4.79 Å². The Hall–Kier alpha value is -3.94. The summed E-state index contributed by atoms with van der Waals surface area (Å²) < 4.78 is 16.4. The standard InChI is InChI=1S/C28H33N3O5/c1-30(2)21-13-11-19(12-14-21)26(27(32)29-20-8-5-6-9-20)31(28(33)24-10-7-17-36-24)22-15-16-23(34-3)25(18-22)35-4/h7,10-18,20,26H,5-6,8-9H2,1-4H3,(H,29,32)/t26-/m0/s1. The number of nitrogens with zero attached hydrogens (tertiary/aromatic N) is 2. The quantitative estimate of drug-likeness (QED) is 0.463. The lowest BCUT2D eigenvalue weighted by molar-refractivity contribution is -0.123. The highest BCUT2D eigenvalue weighted by Gasteiger charge is 2.36. The van der Waals surface area contributed by atoms with Gasteiger partial charge in [0.1, 0.15) is 6.04 Å². The van der Waals surface area contributed by atoms with Crippen molar-refractivity contribution >= 4 is 23.2 Å². The number of hydrogen-bond donors (Lipinski definition) is 1. The van der Waals surface area contributed by atoms with Gasteiger partial charge >= 0.3 is 0 Å². The van der Waals surface area contributed by atoms with Crippen LogP contribution in [0.5, 0.6) is 11.5 Å². The molecule has 1 aliphatic carbocycles. The molecule has 1 aromatic heterocycles. The van der Waals surface area contributed by atoms with Gasteiger partial charge in [-0.1, -0.05) is 25.0 Å². The van der Waals surface area contributed by atoms with Crippen molar-refractivity contribution in [2.24, 2.45) is 0 Å². The Morgan fingerprint density at radius 1 is 0.944 bits per heavy atom. The van der Waals surface area contributed by atoms with Crippen molar-refractivity contribution in [3.63, 3.8) is 0 Å². The highest BCUT2D eigenvalue weighted by atomic mass is 16.5. The predicted molar refractivity (Wildman–Crippen MR) is 139 cm³/mol. The number of hydrogen-bond acceptors (Lipinski definition) is 6. The SMILES string of the molecule is COc1ccc(N(C(=O)c2ccco2)[C@H](C(=O)NC2CCCC2)c2ccc(N(C)C)cc2)cc1OC. The van der Waals surface area contributed by atoms with E-state index in [0.717, 1.165) is 31.4 Å². The van der Waals surface area contributed by atoms with Gasteiger partial charge in [-0.05, 0) is 54.8 Å². The topological polar surface area (TPSA) is 84.2 Å². The highest BCUT2D eigenvalue weighted by molar-refractivity contribution is 6.08. The zero-order chi connectivity index (χ0) is 25.7. The molecule has 8 heteroatoms. The van der Waals surface area contributed by atoms with E-state index in [1.807, 2.05) is 43.3 Å². The largest absolute Gasteiger partial charge is 0.493 e. The van der Waals surface area contributed by atoms with Gasteiger partial charge in [0.05, 0.1) is 20.5 Å². The summed E-state index contributed by atoms with van der Waals surface area (Å²) in [5.41, 5.74) is 2.16. The van der Waals surface area contributed by atoms with Crippen LogP contribution in [0.1, 0.15) is 47.8 Å². The van der Waals surface area contributed by atoms with Crippen LogP contribution in [0.25, 0.3) is 0 Å². The monoisotopic (exact) mass is 491 g/mol. The molecule has 1 aliphatic rings. The minimum atomic E-state index is -0.933. The molecule has 36 heavy (non-hydrogen) atoms. The Balaban J connectivity index is 1.84. The third-order valence-corrected chi connectivity index (χ3v) is 6.53. The summed E-state index contributed by atoms with van der Waals surface area (Å²) in [4.78, 5) is 31.2. The van der Waals surface area contributed by atoms with Gasteiger partial charge in [0, 0.05) is 37.6 Å². The Kier molecular flexibility index (Phi) is 7.83. The van der Waals surface area contributed by atoms with Crippen molar-refractivity contribution in [3.05, 3.63) is 72.2 Å². The average molecular weight is 492 g/mol. The molecule has 4 rings (SSSR count). The summed E-state index contributed by atoms with van der Waals surface area (Å²) in [6.45, 7) is 0. The molecule has 1 N–H and O–H groups in total. The number of furan rings is 1. The van der Waals surface area contributed by atoms with Crippen LogP contribution in [0, 0.1) is 0 Å². The van der Waals surface area contributed by atoms with E-state index in [1.54, 1.807) is 37.4 Å². The van der Waals surface area contributed by atoms with Gasteiger partial charge in [-0.25, -0.2) is 0 Å².